The van der Waals surface area contributed by atoms with E-state index in [0.717, 1.165) is 16.9 Å². The smallest absolute Gasteiger partial charge is 0.224 e. The fourth-order valence-electron chi connectivity index (χ4n) is 1.91. The van der Waals surface area contributed by atoms with Gasteiger partial charge in [0.05, 0.1) is 6.42 Å². The summed E-state index contributed by atoms with van der Waals surface area (Å²) in [5.41, 5.74) is 2.99. The molecule has 0 aromatic heterocycles. The van der Waals surface area contributed by atoms with E-state index in [-0.39, 0.29) is 5.91 Å². The highest BCUT2D eigenvalue weighted by atomic mass is 16.1. The SMILES string of the molecule is CCNC(=O)Cc1ccccc1Nc1ccccc1. The van der Waals surface area contributed by atoms with Crippen molar-refractivity contribution in [2.45, 2.75) is 13.3 Å². The van der Waals surface area contributed by atoms with Crippen molar-refractivity contribution in [3.05, 3.63) is 60.2 Å². The van der Waals surface area contributed by atoms with Gasteiger partial charge in [-0.25, -0.2) is 0 Å². The summed E-state index contributed by atoms with van der Waals surface area (Å²) in [5.74, 6) is 0.0461. The van der Waals surface area contributed by atoms with Gasteiger partial charge in [0.1, 0.15) is 0 Å². The van der Waals surface area contributed by atoms with Gasteiger partial charge in [-0.15, -0.1) is 0 Å². The molecule has 0 unspecified atom stereocenters. The van der Waals surface area contributed by atoms with Crippen LogP contribution < -0.4 is 10.6 Å². The van der Waals surface area contributed by atoms with Gasteiger partial charge in [-0.1, -0.05) is 36.4 Å². The molecular formula is C16H18N2O. The summed E-state index contributed by atoms with van der Waals surface area (Å²) < 4.78 is 0. The molecule has 0 aliphatic rings. The molecule has 0 radical (unpaired) electrons. The van der Waals surface area contributed by atoms with E-state index in [1.807, 2.05) is 61.5 Å². The fourth-order valence-corrected chi connectivity index (χ4v) is 1.91. The van der Waals surface area contributed by atoms with Crippen molar-refractivity contribution in [1.29, 1.82) is 0 Å². The van der Waals surface area contributed by atoms with Crippen LogP contribution in [0.2, 0.25) is 0 Å². The second kappa shape index (κ2) is 6.59. The summed E-state index contributed by atoms with van der Waals surface area (Å²) in [6.45, 7) is 2.58. The lowest BCUT2D eigenvalue weighted by Crippen LogP contribution is -2.24. The number of hydrogen-bond acceptors (Lipinski definition) is 2. The maximum atomic E-state index is 11.7. The van der Waals surface area contributed by atoms with E-state index < -0.39 is 0 Å². The Morgan fingerprint density at radius 3 is 2.42 bits per heavy atom. The molecule has 19 heavy (non-hydrogen) atoms. The van der Waals surface area contributed by atoms with Gasteiger partial charge in [-0.3, -0.25) is 4.79 Å². The van der Waals surface area contributed by atoms with Crippen LogP contribution in [0.5, 0.6) is 0 Å². The number of anilines is 2. The van der Waals surface area contributed by atoms with Crippen LogP contribution in [0.4, 0.5) is 11.4 Å². The predicted octanol–water partition coefficient (Wildman–Crippen LogP) is 3.11. The molecule has 0 heterocycles. The molecule has 0 fully saturated rings. The molecule has 2 aromatic rings. The summed E-state index contributed by atoms with van der Waals surface area (Å²) in [4.78, 5) is 11.7. The maximum absolute atomic E-state index is 11.7. The first-order chi connectivity index (χ1) is 9.29. The molecular weight excluding hydrogens is 236 g/mol. The number of hydrogen-bond donors (Lipinski definition) is 2. The lowest BCUT2D eigenvalue weighted by molar-refractivity contribution is -0.120. The van der Waals surface area contributed by atoms with Crippen LogP contribution in [0.15, 0.2) is 54.6 Å². The van der Waals surface area contributed by atoms with Crippen molar-refractivity contribution in [3.8, 4) is 0 Å². The highest BCUT2D eigenvalue weighted by Gasteiger charge is 2.06. The van der Waals surface area contributed by atoms with Crippen LogP contribution in [0.25, 0.3) is 0 Å². The standard InChI is InChI=1S/C16H18N2O/c1-2-17-16(19)12-13-8-6-7-11-15(13)18-14-9-4-3-5-10-14/h3-11,18H,2,12H2,1H3,(H,17,19). The van der Waals surface area contributed by atoms with E-state index in [9.17, 15) is 4.79 Å². The Morgan fingerprint density at radius 1 is 1.00 bits per heavy atom. The Kier molecular flexibility index (Phi) is 4.56. The van der Waals surface area contributed by atoms with Crippen molar-refractivity contribution < 1.29 is 4.79 Å². The highest BCUT2D eigenvalue weighted by molar-refractivity contribution is 5.81. The minimum absolute atomic E-state index is 0.0461. The number of carbonyl (C=O) groups excluding carboxylic acids is 1. The maximum Gasteiger partial charge on any atom is 0.224 e. The van der Waals surface area contributed by atoms with Gasteiger partial charge in [0.15, 0.2) is 0 Å². The molecule has 0 atom stereocenters. The number of amides is 1. The normalized spacial score (nSPS) is 9.95. The summed E-state index contributed by atoms with van der Waals surface area (Å²) >= 11 is 0. The van der Waals surface area contributed by atoms with Crippen LogP contribution in [0, 0.1) is 0 Å². The van der Waals surface area contributed by atoms with E-state index in [0.29, 0.717) is 13.0 Å². The lowest BCUT2D eigenvalue weighted by atomic mass is 10.1. The van der Waals surface area contributed by atoms with E-state index >= 15 is 0 Å². The third kappa shape index (κ3) is 3.85. The topological polar surface area (TPSA) is 41.1 Å². The summed E-state index contributed by atoms with van der Waals surface area (Å²) in [5, 5.41) is 6.16. The second-order valence-corrected chi connectivity index (χ2v) is 4.28. The lowest BCUT2D eigenvalue weighted by Gasteiger charge is -2.11. The number of benzene rings is 2. The first-order valence-corrected chi connectivity index (χ1v) is 6.46. The van der Waals surface area contributed by atoms with Crippen LogP contribution in [-0.2, 0) is 11.2 Å². The fraction of sp³-hybridized carbons (Fsp3) is 0.188. The third-order valence-corrected chi connectivity index (χ3v) is 2.80. The predicted molar refractivity (Wildman–Crippen MR) is 78.6 cm³/mol. The average Bonchev–Trinajstić information content (AvgIpc) is 2.42. The van der Waals surface area contributed by atoms with Crippen molar-refractivity contribution in [2.75, 3.05) is 11.9 Å². The largest absolute Gasteiger partial charge is 0.356 e. The van der Waals surface area contributed by atoms with Crippen molar-refractivity contribution in [3.63, 3.8) is 0 Å². The van der Waals surface area contributed by atoms with Crippen LogP contribution in [-0.4, -0.2) is 12.5 Å². The van der Waals surface area contributed by atoms with Gasteiger partial charge in [0.25, 0.3) is 0 Å². The number of nitrogens with one attached hydrogen (secondary N) is 2. The minimum Gasteiger partial charge on any atom is -0.356 e. The number of para-hydroxylation sites is 2. The van der Waals surface area contributed by atoms with Gasteiger partial charge in [-0.05, 0) is 30.7 Å². The molecule has 2 rings (SSSR count). The first-order valence-electron chi connectivity index (χ1n) is 6.46. The molecule has 3 nitrogen and oxygen atoms in total. The van der Waals surface area contributed by atoms with E-state index in [1.165, 1.54) is 0 Å². The molecule has 3 heteroatoms. The van der Waals surface area contributed by atoms with E-state index in [1.54, 1.807) is 0 Å². The summed E-state index contributed by atoms with van der Waals surface area (Å²) in [6.07, 6.45) is 0.393. The Labute approximate surface area is 113 Å². The number of carbonyl (C=O) groups is 1. The Balaban J connectivity index is 2.14. The molecule has 0 spiro atoms. The first kappa shape index (κ1) is 13.1. The Morgan fingerprint density at radius 2 is 1.68 bits per heavy atom. The molecule has 0 aliphatic heterocycles. The molecule has 0 saturated heterocycles. The molecule has 0 bridgehead atoms. The quantitative estimate of drug-likeness (QED) is 0.860. The van der Waals surface area contributed by atoms with Gasteiger partial charge in [-0.2, -0.15) is 0 Å². The summed E-state index contributed by atoms with van der Waals surface area (Å²) in [6, 6.07) is 17.8. The summed E-state index contributed by atoms with van der Waals surface area (Å²) in [7, 11) is 0. The van der Waals surface area contributed by atoms with Crippen LogP contribution in [0.1, 0.15) is 12.5 Å². The van der Waals surface area contributed by atoms with Crippen molar-refractivity contribution in [1.82, 2.24) is 5.32 Å². The minimum atomic E-state index is 0.0461. The molecule has 2 aromatic carbocycles. The number of likely N-dealkylation sites (N-methyl/N-ethyl adjacent to an activating group) is 1. The Bertz CT molecular complexity index is 537. The zero-order valence-electron chi connectivity index (χ0n) is 11.0. The third-order valence-electron chi connectivity index (χ3n) is 2.80. The van der Waals surface area contributed by atoms with Crippen molar-refractivity contribution >= 4 is 17.3 Å². The van der Waals surface area contributed by atoms with Crippen molar-refractivity contribution in [2.24, 2.45) is 0 Å². The Hall–Kier alpha value is -2.29. The van der Waals surface area contributed by atoms with Gasteiger partial charge in [0, 0.05) is 17.9 Å². The molecule has 1 amide bonds. The van der Waals surface area contributed by atoms with Gasteiger partial charge >= 0.3 is 0 Å². The molecule has 98 valence electrons. The second-order valence-electron chi connectivity index (χ2n) is 4.28. The van der Waals surface area contributed by atoms with Crippen LogP contribution >= 0.6 is 0 Å². The molecule has 0 aliphatic carbocycles. The monoisotopic (exact) mass is 254 g/mol. The molecule has 2 N–H and O–H groups in total. The zero-order chi connectivity index (χ0) is 13.5. The van der Waals surface area contributed by atoms with E-state index in [4.69, 9.17) is 0 Å². The van der Waals surface area contributed by atoms with E-state index in [2.05, 4.69) is 10.6 Å². The molecule has 0 saturated carbocycles. The van der Waals surface area contributed by atoms with Gasteiger partial charge < -0.3 is 10.6 Å². The highest BCUT2D eigenvalue weighted by Crippen LogP contribution is 2.20. The van der Waals surface area contributed by atoms with Crippen LogP contribution in [0.3, 0.4) is 0 Å². The number of rotatable bonds is 5. The average molecular weight is 254 g/mol. The zero-order valence-corrected chi connectivity index (χ0v) is 11.0. The van der Waals surface area contributed by atoms with Gasteiger partial charge in [0.2, 0.25) is 5.91 Å².